The molecule has 0 radical (unpaired) electrons. The van der Waals surface area contributed by atoms with E-state index in [1.165, 1.54) is 0 Å². The summed E-state index contributed by atoms with van der Waals surface area (Å²) >= 11 is 0. The van der Waals surface area contributed by atoms with E-state index in [1.54, 1.807) is 11.8 Å². The first kappa shape index (κ1) is 13.8. The van der Waals surface area contributed by atoms with E-state index in [4.69, 9.17) is 5.11 Å². The van der Waals surface area contributed by atoms with Gasteiger partial charge in [-0.3, -0.25) is 4.79 Å². The van der Waals surface area contributed by atoms with Crippen LogP contribution in [0.3, 0.4) is 0 Å². The molecule has 2 amide bonds. The molecule has 0 aromatic rings. The number of likely N-dealkylation sites (tertiary alicyclic amines) is 1. The van der Waals surface area contributed by atoms with Gasteiger partial charge in [0, 0.05) is 32.0 Å². The number of nitrogens with one attached hydrogen (secondary N) is 1. The van der Waals surface area contributed by atoms with E-state index < -0.39 is 5.97 Å². The standard InChI is InChI=1S/C11H20N2O4/c1-8(14)9-4-6-13(7-9)11(17)12-5-2-3-10(15)16/h8-9,14H,2-7H2,1H3,(H,12,17)(H,15,16). The molecule has 2 unspecified atom stereocenters. The van der Waals surface area contributed by atoms with Crippen LogP contribution in [-0.4, -0.2) is 52.9 Å². The summed E-state index contributed by atoms with van der Waals surface area (Å²) in [5.74, 6) is -0.700. The van der Waals surface area contributed by atoms with Gasteiger partial charge in [-0.25, -0.2) is 4.79 Å². The molecule has 1 fully saturated rings. The molecular formula is C11H20N2O4. The average molecular weight is 244 g/mol. The van der Waals surface area contributed by atoms with Gasteiger partial charge in [0.1, 0.15) is 0 Å². The topological polar surface area (TPSA) is 89.9 Å². The van der Waals surface area contributed by atoms with Crippen LogP contribution in [-0.2, 0) is 4.79 Å². The molecule has 3 N–H and O–H groups in total. The average Bonchev–Trinajstić information content (AvgIpc) is 2.73. The quantitative estimate of drug-likeness (QED) is 0.605. The van der Waals surface area contributed by atoms with Gasteiger partial charge in [0.05, 0.1) is 6.10 Å². The van der Waals surface area contributed by atoms with E-state index in [9.17, 15) is 14.7 Å². The van der Waals surface area contributed by atoms with Crippen LogP contribution in [0.1, 0.15) is 26.2 Å². The monoisotopic (exact) mass is 244 g/mol. The molecule has 0 aromatic carbocycles. The van der Waals surface area contributed by atoms with Crippen LogP contribution in [0.4, 0.5) is 4.79 Å². The number of carbonyl (C=O) groups is 2. The van der Waals surface area contributed by atoms with Crippen molar-refractivity contribution in [3.8, 4) is 0 Å². The van der Waals surface area contributed by atoms with E-state index in [0.717, 1.165) is 6.42 Å². The minimum atomic E-state index is -0.852. The minimum Gasteiger partial charge on any atom is -0.481 e. The molecule has 0 saturated carbocycles. The third-order valence-electron chi connectivity index (χ3n) is 3.04. The van der Waals surface area contributed by atoms with E-state index >= 15 is 0 Å². The van der Waals surface area contributed by atoms with Gasteiger partial charge in [0.2, 0.25) is 0 Å². The van der Waals surface area contributed by atoms with Gasteiger partial charge in [-0.1, -0.05) is 0 Å². The van der Waals surface area contributed by atoms with Gasteiger partial charge in [0.15, 0.2) is 0 Å². The van der Waals surface area contributed by atoms with E-state index in [0.29, 0.717) is 26.1 Å². The summed E-state index contributed by atoms with van der Waals surface area (Å²) in [4.78, 5) is 23.6. The molecule has 1 heterocycles. The summed E-state index contributed by atoms with van der Waals surface area (Å²) < 4.78 is 0. The Bertz CT molecular complexity index is 281. The second-order valence-electron chi connectivity index (χ2n) is 4.46. The molecule has 0 spiro atoms. The summed E-state index contributed by atoms with van der Waals surface area (Å²) in [6.07, 6.45) is 0.936. The number of nitrogens with zero attached hydrogens (tertiary/aromatic N) is 1. The number of aliphatic hydroxyl groups excluding tert-OH is 1. The highest BCUT2D eigenvalue weighted by Gasteiger charge is 2.28. The summed E-state index contributed by atoms with van der Waals surface area (Å²) in [5, 5.41) is 20.5. The van der Waals surface area contributed by atoms with Crippen LogP contribution in [0.5, 0.6) is 0 Å². The van der Waals surface area contributed by atoms with E-state index in [2.05, 4.69) is 5.32 Å². The predicted molar refractivity (Wildman–Crippen MR) is 61.6 cm³/mol. The van der Waals surface area contributed by atoms with Gasteiger partial charge in [-0.05, 0) is 19.8 Å². The Labute approximate surface area is 101 Å². The van der Waals surface area contributed by atoms with Crippen LogP contribution in [0.2, 0.25) is 0 Å². The number of hydrogen-bond donors (Lipinski definition) is 3. The van der Waals surface area contributed by atoms with Gasteiger partial charge in [0.25, 0.3) is 0 Å². The molecule has 6 heteroatoms. The second-order valence-corrected chi connectivity index (χ2v) is 4.46. The molecule has 0 aliphatic carbocycles. The number of carbonyl (C=O) groups excluding carboxylic acids is 1. The fraction of sp³-hybridized carbons (Fsp3) is 0.818. The Hall–Kier alpha value is -1.30. The molecule has 1 rings (SSSR count). The highest BCUT2D eigenvalue weighted by Crippen LogP contribution is 2.19. The van der Waals surface area contributed by atoms with Crippen molar-refractivity contribution in [1.29, 1.82) is 0 Å². The zero-order valence-electron chi connectivity index (χ0n) is 10.1. The predicted octanol–water partition coefficient (Wildman–Crippen LogP) is 0.263. The SMILES string of the molecule is CC(O)C1CCN(C(=O)NCCCC(=O)O)C1. The maximum atomic E-state index is 11.6. The van der Waals surface area contributed by atoms with Crippen molar-refractivity contribution in [3.05, 3.63) is 0 Å². The van der Waals surface area contributed by atoms with Crippen LogP contribution >= 0.6 is 0 Å². The third-order valence-corrected chi connectivity index (χ3v) is 3.04. The highest BCUT2D eigenvalue weighted by molar-refractivity contribution is 5.74. The number of carboxylic acids is 1. The van der Waals surface area contributed by atoms with Gasteiger partial charge in [-0.15, -0.1) is 0 Å². The van der Waals surface area contributed by atoms with Gasteiger partial charge in [-0.2, -0.15) is 0 Å². The number of aliphatic carboxylic acids is 1. The van der Waals surface area contributed by atoms with Crippen molar-refractivity contribution in [2.75, 3.05) is 19.6 Å². The summed E-state index contributed by atoms with van der Waals surface area (Å²) in [5.41, 5.74) is 0. The minimum absolute atomic E-state index is 0.0661. The molecule has 6 nitrogen and oxygen atoms in total. The molecule has 0 bridgehead atoms. The zero-order valence-corrected chi connectivity index (χ0v) is 10.1. The molecular weight excluding hydrogens is 224 g/mol. The Morgan fingerprint density at radius 1 is 1.53 bits per heavy atom. The summed E-state index contributed by atoms with van der Waals surface area (Å²) in [6.45, 7) is 3.34. The smallest absolute Gasteiger partial charge is 0.317 e. The molecule has 2 atom stereocenters. The fourth-order valence-electron chi connectivity index (χ4n) is 1.91. The zero-order chi connectivity index (χ0) is 12.8. The number of hydrogen-bond acceptors (Lipinski definition) is 3. The number of aliphatic hydroxyl groups is 1. The lowest BCUT2D eigenvalue weighted by Crippen LogP contribution is -2.39. The van der Waals surface area contributed by atoms with E-state index in [1.807, 2.05) is 0 Å². The van der Waals surface area contributed by atoms with Crippen LogP contribution in [0.15, 0.2) is 0 Å². The van der Waals surface area contributed by atoms with E-state index in [-0.39, 0.29) is 24.5 Å². The van der Waals surface area contributed by atoms with Crippen molar-refractivity contribution in [3.63, 3.8) is 0 Å². The maximum absolute atomic E-state index is 11.6. The largest absolute Gasteiger partial charge is 0.481 e. The first-order chi connectivity index (χ1) is 8.00. The molecule has 1 saturated heterocycles. The Kier molecular flexibility index (Phi) is 5.21. The van der Waals surface area contributed by atoms with Crippen LogP contribution in [0, 0.1) is 5.92 Å². The number of carboxylic acid groups (broad SMARTS) is 1. The summed E-state index contributed by atoms with van der Waals surface area (Å²) in [7, 11) is 0. The first-order valence-electron chi connectivity index (χ1n) is 5.93. The Morgan fingerprint density at radius 2 is 2.24 bits per heavy atom. The normalized spacial score (nSPS) is 21.3. The van der Waals surface area contributed by atoms with Crippen molar-refractivity contribution >= 4 is 12.0 Å². The molecule has 98 valence electrons. The second kappa shape index (κ2) is 6.44. The molecule has 0 aromatic heterocycles. The Morgan fingerprint density at radius 3 is 2.76 bits per heavy atom. The third kappa shape index (κ3) is 4.60. The highest BCUT2D eigenvalue weighted by atomic mass is 16.4. The van der Waals surface area contributed by atoms with Crippen LogP contribution < -0.4 is 5.32 Å². The number of rotatable bonds is 5. The van der Waals surface area contributed by atoms with Gasteiger partial charge >= 0.3 is 12.0 Å². The van der Waals surface area contributed by atoms with Crippen molar-refractivity contribution < 1.29 is 19.8 Å². The molecule has 17 heavy (non-hydrogen) atoms. The molecule has 1 aliphatic rings. The van der Waals surface area contributed by atoms with Crippen LogP contribution in [0.25, 0.3) is 0 Å². The lowest BCUT2D eigenvalue weighted by atomic mass is 10.0. The Balaban J connectivity index is 2.18. The van der Waals surface area contributed by atoms with Crippen molar-refractivity contribution in [2.24, 2.45) is 5.92 Å². The lowest BCUT2D eigenvalue weighted by molar-refractivity contribution is -0.137. The lowest BCUT2D eigenvalue weighted by Gasteiger charge is -2.18. The fourth-order valence-corrected chi connectivity index (χ4v) is 1.91. The molecule has 1 aliphatic heterocycles. The number of amides is 2. The number of urea groups is 1. The first-order valence-corrected chi connectivity index (χ1v) is 5.93. The van der Waals surface area contributed by atoms with Gasteiger partial charge < -0.3 is 20.4 Å². The summed E-state index contributed by atoms with van der Waals surface area (Å²) in [6, 6.07) is -0.168. The van der Waals surface area contributed by atoms with Crippen molar-refractivity contribution in [1.82, 2.24) is 10.2 Å². The maximum Gasteiger partial charge on any atom is 0.317 e. The van der Waals surface area contributed by atoms with Crippen molar-refractivity contribution in [2.45, 2.75) is 32.3 Å².